The van der Waals surface area contributed by atoms with Crippen molar-refractivity contribution in [2.75, 3.05) is 5.32 Å². The minimum absolute atomic E-state index is 0.372. The number of nitrogens with one attached hydrogen (secondary N) is 2. The predicted molar refractivity (Wildman–Crippen MR) is 62.2 cm³/mol. The molecule has 7 nitrogen and oxygen atoms in total. The van der Waals surface area contributed by atoms with E-state index in [9.17, 15) is 23.2 Å². The van der Waals surface area contributed by atoms with Crippen LogP contribution in [-0.2, 0) is 9.59 Å². The lowest BCUT2D eigenvalue weighted by Crippen LogP contribution is -2.44. The van der Waals surface area contributed by atoms with E-state index >= 15 is 0 Å². The number of carboxylic acid groups (broad SMARTS) is 2. The van der Waals surface area contributed by atoms with Crippen LogP contribution in [-0.4, -0.2) is 34.2 Å². The van der Waals surface area contributed by atoms with Crippen molar-refractivity contribution >= 4 is 23.7 Å². The fourth-order valence-corrected chi connectivity index (χ4v) is 1.28. The van der Waals surface area contributed by atoms with Gasteiger partial charge in [-0.1, -0.05) is 0 Å². The van der Waals surface area contributed by atoms with E-state index in [0.717, 1.165) is 12.1 Å². The molecular weight excluding hydrogens is 278 g/mol. The first-order valence-electron chi connectivity index (χ1n) is 5.26. The topological polar surface area (TPSA) is 116 Å². The molecule has 0 radical (unpaired) electrons. The summed E-state index contributed by atoms with van der Waals surface area (Å²) in [4.78, 5) is 32.5. The van der Waals surface area contributed by atoms with Gasteiger partial charge >= 0.3 is 18.0 Å². The molecule has 20 heavy (non-hydrogen) atoms. The zero-order valence-corrected chi connectivity index (χ0v) is 9.89. The Kier molecular flexibility index (Phi) is 4.95. The zero-order valence-electron chi connectivity index (χ0n) is 9.89. The molecule has 0 spiro atoms. The summed E-state index contributed by atoms with van der Waals surface area (Å²) in [6.07, 6.45) is -0.839. The first-order valence-corrected chi connectivity index (χ1v) is 5.26. The minimum atomic E-state index is -1.67. The Balaban J connectivity index is 2.70. The maximum Gasteiger partial charge on any atom is 0.326 e. The van der Waals surface area contributed by atoms with Crippen molar-refractivity contribution < 1.29 is 33.4 Å². The van der Waals surface area contributed by atoms with Crippen molar-refractivity contribution in [2.45, 2.75) is 12.5 Å². The number of carbonyl (C=O) groups is 3. The van der Waals surface area contributed by atoms with Crippen LogP contribution in [0.2, 0.25) is 0 Å². The number of amides is 2. The lowest BCUT2D eigenvalue weighted by Gasteiger charge is -2.13. The van der Waals surface area contributed by atoms with Crippen LogP contribution in [0.5, 0.6) is 0 Å². The first-order chi connectivity index (χ1) is 9.29. The van der Waals surface area contributed by atoms with E-state index in [0.29, 0.717) is 6.07 Å². The summed E-state index contributed by atoms with van der Waals surface area (Å²) < 4.78 is 25.9. The van der Waals surface area contributed by atoms with E-state index in [1.165, 1.54) is 0 Å². The first kappa shape index (κ1) is 15.3. The number of halogens is 2. The van der Waals surface area contributed by atoms with Crippen molar-refractivity contribution in [1.82, 2.24) is 5.32 Å². The highest BCUT2D eigenvalue weighted by molar-refractivity contribution is 5.93. The Morgan fingerprint density at radius 1 is 1.20 bits per heavy atom. The molecule has 0 aliphatic heterocycles. The molecule has 0 aliphatic carbocycles. The molecule has 9 heteroatoms. The smallest absolute Gasteiger partial charge is 0.326 e. The fraction of sp³-hybridized carbons (Fsp3) is 0.182. The third-order valence-corrected chi connectivity index (χ3v) is 2.16. The molecule has 1 rings (SSSR count). The highest BCUT2D eigenvalue weighted by Gasteiger charge is 2.23. The number of urea groups is 1. The SMILES string of the molecule is O=C(O)CC(NC(=O)Nc1ccc(F)cc1F)C(=O)O. The van der Waals surface area contributed by atoms with Gasteiger partial charge in [0, 0.05) is 6.07 Å². The Morgan fingerprint density at radius 3 is 2.35 bits per heavy atom. The van der Waals surface area contributed by atoms with Gasteiger partial charge in [0.25, 0.3) is 0 Å². The average molecular weight is 288 g/mol. The van der Waals surface area contributed by atoms with Crippen molar-refractivity contribution in [1.29, 1.82) is 0 Å². The van der Waals surface area contributed by atoms with E-state index in [-0.39, 0.29) is 5.69 Å². The van der Waals surface area contributed by atoms with Gasteiger partial charge in [-0.25, -0.2) is 18.4 Å². The highest BCUT2D eigenvalue weighted by atomic mass is 19.1. The second-order valence-corrected chi connectivity index (χ2v) is 3.71. The van der Waals surface area contributed by atoms with Crippen LogP contribution >= 0.6 is 0 Å². The van der Waals surface area contributed by atoms with E-state index in [4.69, 9.17) is 10.2 Å². The van der Waals surface area contributed by atoms with Gasteiger partial charge < -0.3 is 20.8 Å². The Hall–Kier alpha value is -2.71. The summed E-state index contributed by atoms with van der Waals surface area (Å²) in [7, 11) is 0. The number of rotatable bonds is 5. The van der Waals surface area contributed by atoms with E-state index in [1.807, 2.05) is 10.6 Å². The van der Waals surface area contributed by atoms with Gasteiger partial charge in [0.1, 0.15) is 17.7 Å². The second kappa shape index (κ2) is 6.45. The van der Waals surface area contributed by atoms with Crippen LogP contribution in [0.3, 0.4) is 0 Å². The molecule has 1 aromatic carbocycles. The van der Waals surface area contributed by atoms with E-state index < -0.39 is 42.1 Å². The average Bonchev–Trinajstić information content (AvgIpc) is 2.31. The molecule has 0 saturated heterocycles. The van der Waals surface area contributed by atoms with Gasteiger partial charge in [-0.05, 0) is 12.1 Å². The summed E-state index contributed by atoms with van der Waals surface area (Å²) in [6, 6.07) is -0.427. The van der Waals surface area contributed by atoms with Crippen molar-refractivity contribution in [3.63, 3.8) is 0 Å². The zero-order chi connectivity index (χ0) is 15.3. The summed E-state index contributed by atoms with van der Waals surface area (Å²) >= 11 is 0. The number of benzene rings is 1. The molecule has 0 heterocycles. The van der Waals surface area contributed by atoms with Crippen LogP contribution in [0, 0.1) is 11.6 Å². The van der Waals surface area contributed by atoms with Crippen molar-refractivity contribution in [2.24, 2.45) is 0 Å². The number of anilines is 1. The molecule has 0 saturated carbocycles. The third-order valence-electron chi connectivity index (χ3n) is 2.16. The summed E-state index contributed by atoms with van der Waals surface area (Å²) in [5.74, 6) is -4.87. The number of carbonyl (C=O) groups excluding carboxylic acids is 1. The molecule has 1 atom stereocenters. The molecule has 0 aliphatic rings. The fourth-order valence-electron chi connectivity index (χ4n) is 1.28. The second-order valence-electron chi connectivity index (χ2n) is 3.71. The quantitative estimate of drug-likeness (QED) is 0.645. The molecule has 1 aromatic rings. The van der Waals surface area contributed by atoms with Gasteiger partial charge in [0.15, 0.2) is 0 Å². The van der Waals surface area contributed by atoms with Crippen LogP contribution in [0.25, 0.3) is 0 Å². The van der Waals surface area contributed by atoms with E-state index in [2.05, 4.69) is 0 Å². The Morgan fingerprint density at radius 2 is 1.85 bits per heavy atom. The summed E-state index contributed by atoms with van der Waals surface area (Å²) in [5.41, 5.74) is -0.372. The molecule has 2 amide bonds. The molecule has 0 aromatic heterocycles. The van der Waals surface area contributed by atoms with Gasteiger partial charge in [-0.15, -0.1) is 0 Å². The minimum Gasteiger partial charge on any atom is -0.481 e. The molecule has 108 valence electrons. The van der Waals surface area contributed by atoms with Crippen LogP contribution in [0.15, 0.2) is 18.2 Å². The lowest BCUT2D eigenvalue weighted by molar-refractivity contribution is -0.145. The molecule has 0 bridgehead atoms. The lowest BCUT2D eigenvalue weighted by atomic mass is 10.2. The van der Waals surface area contributed by atoms with Gasteiger partial charge in [-0.3, -0.25) is 4.79 Å². The largest absolute Gasteiger partial charge is 0.481 e. The molecule has 0 fully saturated rings. The van der Waals surface area contributed by atoms with Crippen LogP contribution < -0.4 is 10.6 Å². The van der Waals surface area contributed by atoms with Gasteiger partial charge in [-0.2, -0.15) is 0 Å². The maximum atomic E-state index is 13.2. The number of aliphatic carboxylic acids is 2. The van der Waals surface area contributed by atoms with Crippen molar-refractivity contribution in [3.8, 4) is 0 Å². The number of carboxylic acids is 2. The number of hydrogen-bond acceptors (Lipinski definition) is 3. The highest BCUT2D eigenvalue weighted by Crippen LogP contribution is 2.14. The third kappa shape index (κ3) is 4.52. The summed E-state index contributed by atoms with van der Waals surface area (Å²) in [5, 5.41) is 21.0. The van der Waals surface area contributed by atoms with Crippen molar-refractivity contribution in [3.05, 3.63) is 29.8 Å². The molecule has 4 N–H and O–H groups in total. The van der Waals surface area contributed by atoms with Crippen LogP contribution in [0.1, 0.15) is 6.42 Å². The Bertz CT molecular complexity index is 550. The van der Waals surface area contributed by atoms with Gasteiger partial charge in [0.2, 0.25) is 0 Å². The monoisotopic (exact) mass is 288 g/mol. The van der Waals surface area contributed by atoms with E-state index in [1.54, 1.807) is 0 Å². The van der Waals surface area contributed by atoms with Gasteiger partial charge in [0.05, 0.1) is 12.1 Å². The Labute approximate surface area is 111 Å². The molecular formula is C11H10F2N2O5. The summed E-state index contributed by atoms with van der Waals surface area (Å²) in [6.45, 7) is 0. The van der Waals surface area contributed by atoms with Crippen LogP contribution in [0.4, 0.5) is 19.3 Å². The predicted octanol–water partition coefficient (Wildman–Crippen LogP) is 1.01. The molecule has 1 unspecified atom stereocenters. The normalized spacial score (nSPS) is 11.5. The number of hydrogen-bond donors (Lipinski definition) is 4. The maximum absolute atomic E-state index is 13.2. The standard InChI is InChI=1S/C11H10F2N2O5/c12-5-1-2-7(6(13)3-5)14-11(20)15-8(10(18)19)4-9(16)17/h1-3,8H,4H2,(H,16,17)(H,18,19)(H2,14,15,20).